The summed E-state index contributed by atoms with van der Waals surface area (Å²) in [6.45, 7) is 7.60. The van der Waals surface area contributed by atoms with E-state index in [0.717, 1.165) is 16.7 Å². The SMILES string of the molecule is CC.Cc1cnc2ccccc2n1.Cc1nc2ccccc2c(=O)o1. The second-order valence-corrected chi connectivity index (χ2v) is 5.04. The molecular weight excluding hydrogens is 314 g/mol. The van der Waals surface area contributed by atoms with Crippen LogP contribution in [0.1, 0.15) is 25.4 Å². The molecule has 0 amide bonds. The highest BCUT2D eigenvalue weighted by atomic mass is 16.4. The molecular formula is C20H21N3O2. The Morgan fingerprint density at radius 2 is 1.40 bits per heavy atom. The minimum atomic E-state index is -0.321. The molecule has 2 aromatic heterocycles. The molecule has 0 aliphatic rings. The van der Waals surface area contributed by atoms with Gasteiger partial charge in [-0.2, -0.15) is 0 Å². The minimum absolute atomic E-state index is 0.321. The molecule has 0 N–H and O–H groups in total. The molecule has 0 radical (unpaired) electrons. The zero-order valence-electron chi connectivity index (χ0n) is 14.9. The predicted octanol–water partition coefficient (Wildman–Crippen LogP) is 4.46. The average Bonchev–Trinajstić information content (AvgIpc) is 2.64. The van der Waals surface area contributed by atoms with E-state index < -0.39 is 0 Å². The molecule has 0 spiro atoms. The topological polar surface area (TPSA) is 68.9 Å². The van der Waals surface area contributed by atoms with Crippen LogP contribution in [0.2, 0.25) is 0 Å². The van der Waals surface area contributed by atoms with E-state index in [-0.39, 0.29) is 5.63 Å². The summed E-state index contributed by atoms with van der Waals surface area (Å²) in [5, 5.41) is 0.531. The molecule has 0 saturated heterocycles. The summed E-state index contributed by atoms with van der Waals surface area (Å²) < 4.78 is 4.82. The van der Waals surface area contributed by atoms with Gasteiger partial charge in [-0.05, 0) is 31.2 Å². The molecule has 25 heavy (non-hydrogen) atoms. The van der Waals surface area contributed by atoms with Gasteiger partial charge in [-0.25, -0.2) is 14.8 Å². The summed E-state index contributed by atoms with van der Waals surface area (Å²) in [5.41, 5.74) is 3.25. The van der Waals surface area contributed by atoms with Gasteiger partial charge in [0.15, 0.2) is 5.89 Å². The Balaban J connectivity index is 0.000000165. The number of aromatic nitrogens is 3. The lowest BCUT2D eigenvalue weighted by molar-refractivity contribution is 0.467. The van der Waals surface area contributed by atoms with E-state index in [2.05, 4.69) is 15.0 Å². The quantitative estimate of drug-likeness (QED) is 0.474. The number of para-hydroxylation sites is 3. The maximum Gasteiger partial charge on any atom is 0.346 e. The first-order chi connectivity index (χ1) is 12.1. The number of rotatable bonds is 0. The van der Waals surface area contributed by atoms with Gasteiger partial charge in [-0.3, -0.25) is 4.98 Å². The number of fused-ring (bicyclic) bond motifs is 2. The van der Waals surface area contributed by atoms with Gasteiger partial charge in [0.1, 0.15) is 0 Å². The van der Waals surface area contributed by atoms with Crippen LogP contribution < -0.4 is 5.63 Å². The van der Waals surface area contributed by atoms with E-state index in [1.165, 1.54) is 0 Å². The third kappa shape index (κ3) is 4.70. The lowest BCUT2D eigenvalue weighted by Gasteiger charge is -1.95. The van der Waals surface area contributed by atoms with Crippen LogP contribution in [0, 0.1) is 13.8 Å². The summed E-state index contributed by atoms with van der Waals surface area (Å²) in [6.07, 6.45) is 1.78. The zero-order chi connectivity index (χ0) is 18.2. The van der Waals surface area contributed by atoms with Crippen LogP contribution in [0.25, 0.3) is 21.9 Å². The highest BCUT2D eigenvalue weighted by molar-refractivity contribution is 5.76. The van der Waals surface area contributed by atoms with Gasteiger partial charge in [0, 0.05) is 13.1 Å². The normalized spacial score (nSPS) is 9.76. The second-order valence-electron chi connectivity index (χ2n) is 5.04. The first-order valence-electron chi connectivity index (χ1n) is 8.18. The average molecular weight is 335 g/mol. The van der Waals surface area contributed by atoms with Crippen molar-refractivity contribution in [3.63, 3.8) is 0 Å². The van der Waals surface area contributed by atoms with E-state index >= 15 is 0 Å². The Labute approximate surface area is 146 Å². The standard InChI is InChI=1S/C9H8N2.C9H7NO2.C2H6/c1-7-6-10-8-4-2-3-5-9(8)11-7;1-6-10-8-5-3-2-4-7(8)9(11)12-6;1-2/h2-6H,1H3;2-5H,1H3;1-2H3. The van der Waals surface area contributed by atoms with Crippen LogP contribution in [0.4, 0.5) is 0 Å². The minimum Gasteiger partial charge on any atom is -0.408 e. The predicted molar refractivity (Wildman–Crippen MR) is 101 cm³/mol. The first kappa shape index (κ1) is 18.3. The second kappa shape index (κ2) is 8.68. The zero-order valence-corrected chi connectivity index (χ0v) is 14.9. The van der Waals surface area contributed by atoms with Crippen molar-refractivity contribution in [2.24, 2.45) is 0 Å². The summed E-state index contributed by atoms with van der Waals surface area (Å²) in [5.74, 6) is 0.402. The van der Waals surface area contributed by atoms with Crippen molar-refractivity contribution in [3.8, 4) is 0 Å². The monoisotopic (exact) mass is 335 g/mol. The number of hydrogen-bond donors (Lipinski definition) is 0. The Bertz CT molecular complexity index is 1030. The van der Waals surface area contributed by atoms with Crippen molar-refractivity contribution in [1.82, 2.24) is 15.0 Å². The van der Waals surface area contributed by atoms with Crippen LogP contribution in [0.5, 0.6) is 0 Å². The number of benzene rings is 2. The molecule has 0 aliphatic heterocycles. The molecule has 0 bridgehead atoms. The van der Waals surface area contributed by atoms with Crippen LogP contribution in [-0.4, -0.2) is 15.0 Å². The van der Waals surface area contributed by atoms with Gasteiger partial charge in [0.25, 0.3) is 0 Å². The van der Waals surface area contributed by atoms with Gasteiger partial charge in [-0.1, -0.05) is 38.1 Å². The molecule has 0 fully saturated rings. The third-order valence-corrected chi connectivity index (χ3v) is 3.21. The van der Waals surface area contributed by atoms with E-state index in [1.807, 2.05) is 51.1 Å². The Morgan fingerprint density at radius 1 is 0.800 bits per heavy atom. The largest absolute Gasteiger partial charge is 0.408 e. The van der Waals surface area contributed by atoms with E-state index in [4.69, 9.17) is 4.42 Å². The van der Waals surface area contributed by atoms with Crippen molar-refractivity contribution < 1.29 is 4.42 Å². The van der Waals surface area contributed by atoms with Crippen LogP contribution in [0.3, 0.4) is 0 Å². The molecule has 4 rings (SSSR count). The lowest BCUT2D eigenvalue weighted by atomic mass is 10.2. The maximum atomic E-state index is 11.2. The fraction of sp³-hybridized carbons (Fsp3) is 0.200. The lowest BCUT2D eigenvalue weighted by Crippen LogP contribution is -2.02. The van der Waals surface area contributed by atoms with E-state index in [9.17, 15) is 4.79 Å². The fourth-order valence-electron chi connectivity index (χ4n) is 2.18. The van der Waals surface area contributed by atoms with Crippen LogP contribution in [-0.2, 0) is 0 Å². The Hall–Kier alpha value is -3.08. The molecule has 0 atom stereocenters. The summed E-state index contributed by atoms with van der Waals surface area (Å²) in [7, 11) is 0. The first-order valence-corrected chi connectivity index (χ1v) is 8.18. The molecule has 0 unspecified atom stereocenters. The van der Waals surface area contributed by atoms with Crippen molar-refractivity contribution in [2.75, 3.05) is 0 Å². The molecule has 4 aromatic rings. The van der Waals surface area contributed by atoms with Crippen molar-refractivity contribution in [1.29, 1.82) is 0 Å². The molecule has 0 aliphatic carbocycles. The Kier molecular flexibility index (Phi) is 6.34. The molecule has 0 saturated carbocycles. The number of nitrogens with zero attached hydrogens (tertiary/aromatic N) is 3. The Morgan fingerprint density at radius 3 is 2.12 bits per heavy atom. The van der Waals surface area contributed by atoms with Crippen molar-refractivity contribution in [2.45, 2.75) is 27.7 Å². The smallest absolute Gasteiger partial charge is 0.346 e. The van der Waals surface area contributed by atoms with Gasteiger partial charge < -0.3 is 4.42 Å². The van der Waals surface area contributed by atoms with Crippen LogP contribution in [0.15, 0.2) is 63.9 Å². The molecule has 2 heterocycles. The molecule has 5 heteroatoms. The van der Waals surface area contributed by atoms with Crippen LogP contribution >= 0.6 is 0 Å². The highest BCUT2D eigenvalue weighted by Crippen LogP contribution is 2.07. The molecule has 128 valence electrons. The molecule has 2 aromatic carbocycles. The van der Waals surface area contributed by atoms with Gasteiger partial charge in [-0.15, -0.1) is 0 Å². The summed E-state index contributed by atoms with van der Waals surface area (Å²) in [4.78, 5) is 23.8. The molecule has 5 nitrogen and oxygen atoms in total. The van der Waals surface area contributed by atoms with Crippen molar-refractivity contribution in [3.05, 3.63) is 76.7 Å². The summed E-state index contributed by atoms with van der Waals surface area (Å²) in [6, 6.07) is 15.0. The number of aryl methyl sites for hydroxylation is 2. The number of hydrogen-bond acceptors (Lipinski definition) is 5. The third-order valence-electron chi connectivity index (χ3n) is 3.21. The fourth-order valence-corrected chi connectivity index (χ4v) is 2.18. The summed E-state index contributed by atoms with van der Waals surface area (Å²) >= 11 is 0. The van der Waals surface area contributed by atoms with Gasteiger partial charge >= 0.3 is 5.63 Å². The van der Waals surface area contributed by atoms with Gasteiger partial charge in [0.05, 0.1) is 27.6 Å². The highest BCUT2D eigenvalue weighted by Gasteiger charge is 2.00. The maximum absolute atomic E-state index is 11.2. The van der Waals surface area contributed by atoms with Gasteiger partial charge in [0.2, 0.25) is 0 Å². The van der Waals surface area contributed by atoms with Crippen molar-refractivity contribution >= 4 is 21.9 Å². The van der Waals surface area contributed by atoms with E-state index in [0.29, 0.717) is 16.8 Å². The van der Waals surface area contributed by atoms with E-state index in [1.54, 1.807) is 31.3 Å².